The van der Waals surface area contributed by atoms with Crippen LogP contribution in [0.4, 0.5) is 5.69 Å². The van der Waals surface area contributed by atoms with Gasteiger partial charge in [0.2, 0.25) is 10.0 Å². The summed E-state index contributed by atoms with van der Waals surface area (Å²) in [6.45, 7) is 6.08. The van der Waals surface area contributed by atoms with Crippen molar-refractivity contribution in [1.29, 1.82) is 0 Å². The molecule has 3 N–H and O–H groups in total. The van der Waals surface area contributed by atoms with E-state index in [1.807, 2.05) is 6.92 Å². The third kappa shape index (κ3) is 4.78. The monoisotopic (exact) mass is 348 g/mol. The molecule has 108 valence electrons. The van der Waals surface area contributed by atoms with Gasteiger partial charge in [-0.3, -0.25) is 0 Å². The molecule has 0 aromatic heterocycles. The second-order valence-electron chi connectivity index (χ2n) is 4.95. The maximum absolute atomic E-state index is 12.3. The largest absolute Gasteiger partial charge is 0.398 e. The summed E-state index contributed by atoms with van der Waals surface area (Å²) in [5.41, 5.74) is 5.99. The van der Waals surface area contributed by atoms with Crippen molar-refractivity contribution in [2.75, 3.05) is 5.73 Å². The summed E-state index contributed by atoms with van der Waals surface area (Å²) < 4.78 is 27.9. The van der Waals surface area contributed by atoms with Crippen LogP contribution in [0, 0.1) is 5.92 Å². The second kappa shape index (κ2) is 6.72. The Morgan fingerprint density at radius 3 is 2.58 bits per heavy atom. The SMILES string of the molecule is CCC(C)CC(C)NS(=O)(=O)c1cc(Br)ccc1N. The van der Waals surface area contributed by atoms with Crippen LogP contribution < -0.4 is 10.5 Å². The Hall–Kier alpha value is -0.590. The van der Waals surface area contributed by atoms with Crippen LogP contribution in [0.1, 0.15) is 33.6 Å². The quantitative estimate of drug-likeness (QED) is 0.775. The number of rotatable bonds is 6. The summed E-state index contributed by atoms with van der Waals surface area (Å²) in [6.07, 6.45) is 1.84. The molecular formula is C13H21BrN2O2S. The molecule has 1 rings (SSSR count). The maximum atomic E-state index is 12.3. The first-order valence-corrected chi connectivity index (χ1v) is 8.61. The minimum Gasteiger partial charge on any atom is -0.398 e. The lowest BCUT2D eigenvalue weighted by Crippen LogP contribution is -2.34. The van der Waals surface area contributed by atoms with Crippen LogP contribution >= 0.6 is 15.9 Å². The molecule has 0 radical (unpaired) electrons. The summed E-state index contributed by atoms with van der Waals surface area (Å²) in [7, 11) is -3.57. The van der Waals surface area contributed by atoms with Crippen LogP contribution in [0.2, 0.25) is 0 Å². The first-order chi connectivity index (χ1) is 8.76. The number of hydrogen-bond acceptors (Lipinski definition) is 3. The van der Waals surface area contributed by atoms with Gasteiger partial charge in [0.05, 0.1) is 5.69 Å². The van der Waals surface area contributed by atoms with Crippen molar-refractivity contribution in [1.82, 2.24) is 4.72 Å². The standard InChI is InChI=1S/C13H21BrN2O2S/c1-4-9(2)7-10(3)16-19(17,18)13-8-11(14)5-6-12(13)15/h5-6,8-10,16H,4,7,15H2,1-3H3. The summed E-state index contributed by atoms with van der Waals surface area (Å²) in [6, 6.07) is 4.71. The lowest BCUT2D eigenvalue weighted by atomic mass is 10.0. The maximum Gasteiger partial charge on any atom is 0.242 e. The highest BCUT2D eigenvalue weighted by Crippen LogP contribution is 2.23. The molecule has 0 bridgehead atoms. The molecule has 0 aliphatic rings. The van der Waals surface area contributed by atoms with E-state index in [0.717, 1.165) is 12.8 Å². The molecule has 0 saturated heterocycles. The highest BCUT2D eigenvalue weighted by molar-refractivity contribution is 9.10. The fraction of sp³-hybridized carbons (Fsp3) is 0.538. The number of anilines is 1. The summed E-state index contributed by atoms with van der Waals surface area (Å²) >= 11 is 3.26. The van der Waals surface area contributed by atoms with Crippen molar-refractivity contribution in [3.05, 3.63) is 22.7 Å². The van der Waals surface area contributed by atoms with E-state index in [9.17, 15) is 8.42 Å². The van der Waals surface area contributed by atoms with E-state index in [-0.39, 0.29) is 16.6 Å². The Morgan fingerprint density at radius 1 is 1.37 bits per heavy atom. The topological polar surface area (TPSA) is 72.2 Å². The van der Waals surface area contributed by atoms with Crippen molar-refractivity contribution >= 4 is 31.6 Å². The average Bonchev–Trinajstić information content (AvgIpc) is 2.31. The number of sulfonamides is 1. The van der Waals surface area contributed by atoms with Gasteiger partial charge in [-0.05, 0) is 37.5 Å². The fourth-order valence-corrected chi connectivity index (χ4v) is 3.81. The van der Waals surface area contributed by atoms with Gasteiger partial charge >= 0.3 is 0 Å². The predicted molar refractivity (Wildman–Crippen MR) is 82.4 cm³/mol. The molecule has 0 heterocycles. The molecule has 4 nitrogen and oxygen atoms in total. The van der Waals surface area contributed by atoms with Gasteiger partial charge in [0, 0.05) is 10.5 Å². The van der Waals surface area contributed by atoms with Gasteiger partial charge in [-0.15, -0.1) is 0 Å². The molecule has 0 spiro atoms. The van der Waals surface area contributed by atoms with Crippen LogP contribution in [0.3, 0.4) is 0 Å². The molecule has 1 aromatic rings. The van der Waals surface area contributed by atoms with Gasteiger partial charge in [-0.1, -0.05) is 36.2 Å². The molecule has 2 atom stereocenters. The second-order valence-corrected chi connectivity index (χ2v) is 7.55. The molecule has 0 saturated carbocycles. The van der Waals surface area contributed by atoms with E-state index in [4.69, 9.17) is 5.73 Å². The zero-order chi connectivity index (χ0) is 14.6. The highest BCUT2D eigenvalue weighted by atomic mass is 79.9. The van der Waals surface area contributed by atoms with E-state index in [1.165, 1.54) is 6.07 Å². The van der Waals surface area contributed by atoms with Gasteiger partial charge in [-0.25, -0.2) is 13.1 Å². The van der Waals surface area contributed by atoms with Crippen molar-refractivity contribution in [3.8, 4) is 0 Å². The predicted octanol–water partition coefficient (Wildman–Crippen LogP) is 3.13. The van der Waals surface area contributed by atoms with Gasteiger partial charge in [-0.2, -0.15) is 0 Å². The van der Waals surface area contributed by atoms with E-state index in [0.29, 0.717) is 10.4 Å². The zero-order valence-electron chi connectivity index (χ0n) is 11.5. The lowest BCUT2D eigenvalue weighted by Gasteiger charge is -2.18. The lowest BCUT2D eigenvalue weighted by molar-refractivity contribution is 0.445. The average molecular weight is 349 g/mol. The van der Waals surface area contributed by atoms with Crippen LogP contribution in [-0.4, -0.2) is 14.5 Å². The smallest absolute Gasteiger partial charge is 0.242 e. The Kier molecular flexibility index (Phi) is 5.82. The third-order valence-electron chi connectivity index (χ3n) is 3.07. The molecule has 19 heavy (non-hydrogen) atoms. The van der Waals surface area contributed by atoms with Crippen LogP contribution in [-0.2, 0) is 10.0 Å². The Bertz CT molecular complexity index is 531. The van der Waals surface area contributed by atoms with Crippen molar-refractivity contribution < 1.29 is 8.42 Å². The molecule has 0 fully saturated rings. The number of halogens is 1. The van der Waals surface area contributed by atoms with Gasteiger partial charge in [0.15, 0.2) is 0 Å². The molecule has 2 unspecified atom stereocenters. The van der Waals surface area contributed by atoms with Crippen LogP contribution in [0.25, 0.3) is 0 Å². The molecule has 0 aliphatic heterocycles. The molecular weight excluding hydrogens is 328 g/mol. The fourth-order valence-electron chi connectivity index (χ4n) is 1.89. The highest BCUT2D eigenvalue weighted by Gasteiger charge is 2.21. The minimum absolute atomic E-state index is 0.113. The molecule has 0 aliphatic carbocycles. The van der Waals surface area contributed by atoms with Gasteiger partial charge in [0.1, 0.15) is 4.90 Å². The Morgan fingerprint density at radius 2 is 2.00 bits per heavy atom. The number of nitrogens with two attached hydrogens (primary N) is 1. The number of nitrogen functional groups attached to an aromatic ring is 1. The van der Waals surface area contributed by atoms with E-state index < -0.39 is 10.0 Å². The summed E-state index contributed by atoms with van der Waals surface area (Å²) in [4.78, 5) is 0.123. The summed E-state index contributed by atoms with van der Waals surface area (Å²) in [5.74, 6) is 0.484. The van der Waals surface area contributed by atoms with Gasteiger partial charge < -0.3 is 5.73 Å². The zero-order valence-corrected chi connectivity index (χ0v) is 13.9. The van der Waals surface area contributed by atoms with E-state index >= 15 is 0 Å². The third-order valence-corrected chi connectivity index (χ3v) is 5.21. The number of nitrogens with one attached hydrogen (secondary N) is 1. The Balaban J connectivity index is 2.89. The first-order valence-electron chi connectivity index (χ1n) is 6.33. The van der Waals surface area contributed by atoms with E-state index in [2.05, 4.69) is 34.5 Å². The van der Waals surface area contributed by atoms with Crippen molar-refractivity contribution in [3.63, 3.8) is 0 Å². The normalized spacial score (nSPS) is 15.2. The number of benzene rings is 1. The summed E-state index contributed by atoms with van der Waals surface area (Å²) in [5, 5.41) is 0. The Labute approximate surface area is 124 Å². The van der Waals surface area contributed by atoms with Crippen molar-refractivity contribution in [2.24, 2.45) is 5.92 Å². The van der Waals surface area contributed by atoms with Crippen LogP contribution in [0.5, 0.6) is 0 Å². The molecule has 1 aromatic carbocycles. The first kappa shape index (κ1) is 16.5. The van der Waals surface area contributed by atoms with Crippen molar-refractivity contribution in [2.45, 2.75) is 44.6 Å². The van der Waals surface area contributed by atoms with Crippen LogP contribution in [0.15, 0.2) is 27.6 Å². The van der Waals surface area contributed by atoms with E-state index in [1.54, 1.807) is 12.1 Å². The van der Waals surface area contributed by atoms with Gasteiger partial charge in [0.25, 0.3) is 0 Å². The molecule has 0 amide bonds. The molecule has 6 heteroatoms. The number of hydrogen-bond donors (Lipinski definition) is 2. The minimum atomic E-state index is -3.57.